The van der Waals surface area contributed by atoms with Crippen LogP contribution in [0.5, 0.6) is 0 Å². The maximum Gasteiger partial charge on any atom is 0.360 e. The fourth-order valence-corrected chi connectivity index (χ4v) is 1.66. The molecule has 2 aromatic rings. The van der Waals surface area contributed by atoms with Crippen LogP contribution in [-0.4, -0.2) is 24.6 Å². The summed E-state index contributed by atoms with van der Waals surface area (Å²) in [5.41, 5.74) is 2.26. The van der Waals surface area contributed by atoms with Gasteiger partial charge in [-0.05, 0) is 31.5 Å². The summed E-state index contributed by atoms with van der Waals surface area (Å²) in [4.78, 5) is 17.4. The molecule has 0 N–H and O–H groups in total. The monoisotopic (exact) mass is 260 g/mol. The first-order valence-electron chi connectivity index (χ1n) is 6.05. The zero-order valence-electron chi connectivity index (χ0n) is 11.2. The Bertz CT molecular complexity index is 578. The van der Waals surface area contributed by atoms with Crippen LogP contribution in [0.2, 0.25) is 0 Å². The summed E-state index contributed by atoms with van der Waals surface area (Å²) in [6.45, 7) is 4.07. The summed E-state index contributed by atoms with van der Waals surface area (Å²) in [6, 6.07) is 8.27. The molecule has 1 heterocycles. The maximum atomic E-state index is 11.5. The van der Waals surface area contributed by atoms with Crippen molar-refractivity contribution >= 4 is 17.7 Å². The number of esters is 1. The minimum Gasteiger partial charge on any atom is -0.461 e. The number of oxazole rings is 1. The first kappa shape index (κ1) is 13.1. The molecular weight excluding hydrogens is 244 g/mol. The van der Waals surface area contributed by atoms with Crippen LogP contribution in [-0.2, 0) is 4.74 Å². The number of hydrogen-bond donors (Lipinski definition) is 0. The predicted octanol–water partition coefficient (Wildman–Crippen LogP) is 2.93. The number of aryl methyl sites for hydroxylation is 1. The normalized spacial score (nSPS) is 10.3. The molecule has 100 valence electrons. The number of anilines is 2. The van der Waals surface area contributed by atoms with Crippen LogP contribution in [0.1, 0.15) is 23.0 Å². The smallest absolute Gasteiger partial charge is 0.360 e. The van der Waals surface area contributed by atoms with E-state index in [1.165, 1.54) is 6.26 Å². The molecule has 0 spiro atoms. The summed E-state index contributed by atoms with van der Waals surface area (Å²) in [7, 11) is 1.83. The zero-order valence-corrected chi connectivity index (χ0v) is 11.2. The lowest BCUT2D eigenvalue weighted by atomic mass is 10.2. The van der Waals surface area contributed by atoms with Gasteiger partial charge in [-0.3, -0.25) is 4.90 Å². The summed E-state index contributed by atoms with van der Waals surface area (Å²) < 4.78 is 10.2. The average molecular weight is 260 g/mol. The lowest BCUT2D eigenvalue weighted by Gasteiger charge is -2.14. The third kappa shape index (κ3) is 2.93. The lowest BCUT2D eigenvalue weighted by molar-refractivity contribution is 0.0519. The first-order valence-corrected chi connectivity index (χ1v) is 6.05. The molecule has 19 heavy (non-hydrogen) atoms. The highest BCUT2D eigenvalue weighted by Gasteiger charge is 2.16. The van der Waals surface area contributed by atoms with Crippen molar-refractivity contribution in [1.29, 1.82) is 0 Å². The minimum atomic E-state index is -0.477. The third-order valence-electron chi connectivity index (χ3n) is 2.65. The molecule has 0 aliphatic carbocycles. The van der Waals surface area contributed by atoms with Crippen LogP contribution in [0.25, 0.3) is 0 Å². The molecule has 0 saturated carbocycles. The molecule has 1 aromatic carbocycles. The van der Waals surface area contributed by atoms with Gasteiger partial charge in [-0.25, -0.2) is 4.79 Å². The Balaban J connectivity index is 2.20. The van der Waals surface area contributed by atoms with Crippen molar-refractivity contribution in [3.05, 3.63) is 41.8 Å². The van der Waals surface area contributed by atoms with Crippen LogP contribution in [0.4, 0.5) is 11.7 Å². The zero-order chi connectivity index (χ0) is 13.8. The third-order valence-corrected chi connectivity index (χ3v) is 2.65. The number of benzene rings is 1. The first-order chi connectivity index (χ1) is 9.11. The van der Waals surface area contributed by atoms with Gasteiger partial charge in [0.15, 0.2) is 5.69 Å². The number of nitrogens with zero attached hydrogens (tertiary/aromatic N) is 2. The number of carbonyl (C=O) groups excluding carboxylic acids is 1. The Morgan fingerprint density at radius 2 is 2.26 bits per heavy atom. The number of rotatable bonds is 4. The average Bonchev–Trinajstić information content (AvgIpc) is 2.88. The molecule has 0 atom stereocenters. The van der Waals surface area contributed by atoms with E-state index in [0.717, 1.165) is 11.3 Å². The molecule has 0 amide bonds. The van der Waals surface area contributed by atoms with Crippen molar-refractivity contribution in [2.75, 3.05) is 18.6 Å². The molecule has 5 heteroatoms. The Morgan fingerprint density at radius 1 is 1.47 bits per heavy atom. The van der Waals surface area contributed by atoms with Crippen molar-refractivity contribution < 1.29 is 13.9 Å². The van der Waals surface area contributed by atoms with Crippen molar-refractivity contribution in [1.82, 2.24) is 4.98 Å². The van der Waals surface area contributed by atoms with Crippen LogP contribution in [0, 0.1) is 6.92 Å². The minimum absolute atomic E-state index is 0.177. The molecule has 0 aliphatic heterocycles. The Hall–Kier alpha value is -2.30. The van der Waals surface area contributed by atoms with E-state index in [4.69, 9.17) is 9.15 Å². The Kier molecular flexibility index (Phi) is 3.85. The predicted molar refractivity (Wildman–Crippen MR) is 71.7 cm³/mol. The van der Waals surface area contributed by atoms with Gasteiger partial charge in [-0.1, -0.05) is 12.1 Å². The SMILES string of the molecule is CCOC(=O)c1coc(N(C)c2cccc(C)c2)n1. The van der Waals surface area contributed by atoms with Crippen LogP contribution < -0.4 is 4.90 Å². The molecule has 0 bridgehead atoms. The van der Waals surface area contributed by atoms with E-state index in [9.17, 15) is 4.79 Å². The highest BCUT2D eigenvalue weighted by molar-refractivity contribution is 5.87. The van der Waals surface area contributed by atoms with E-state index in [-0.39, 0.29) is 5.69 Å². The van der Waals surface area contributed by atoms with Crippen molar-refractivity contribution in [2.24, 2.45) is 0 Å². The molecule has 0 unspecified atom stereocenters. The summed E-state index contributed by atoms with van der Waals surface area (Å²) in [5, 5.41) is 0. The van der Waals surface area contributed by atoms with Gasteiger partial charge in [0.25, 0.3) is 0 Å². The Morgan fingerprint density at radius 3 is 2.95 bits per heavy atom. The topological polar surface area (TPSA) is 55.6 Å². The van der Waals surface area contributed by atoms with E-state index >= 15 is 0 Å². The fourth-order valence-electron chi connectivity index (χ4n) is 1.66. The van der Waals surface area contributed by atoms with E-state index < -0.39 is 5.97 Å². The van der Waals surface area contributed by atoms with E-state index in [1.807, 2.05) is 38.2 Å². The van der Waals surface area contributed by atoms with Crippen LogP contribution in [0.3, 0.4) is 0 Å². The van der Waals surface area contributed by atoms with Crippen molar-refractivity contribution in [3.8, 4) is 0 Å². The van der Waals surface area contributed by atoms with Gasteiger partial charge in [-0.15, -0.1) is 0 Å². The van der Waals surface area contributed by atoms with Gasteiger partial charge in [0.2, 0.25) is 0 Å². The molecule has 5 nitrogen and oxygen atoms in total. The summed E-state index contributed by atoms with van der Waals surface area (Å²) in [6.07, 6.45) is 1.31. The number of carbonyl (C=O) groups is 1. The molecule has 0 saturated heterocycles. The highest BCUT2D eigenvalue weighted by atomic mass is 16.5. The maximum absolute atomic E-state index is 11.5. The molecule has 0 fully saturated rings. The molecule has 0 aliphatic rings. The second-order valence-corrected chi connectivity index (χ2v) is 4.13. The molecular formula is C14H16N2O3. The second kappa shape index (κ2) is 5.56. The molecule has 2 rings (SSSR count). The van der Waals surface area contributed by atoms with Gasteiger partial charge in [-0.2, -0.15) is 4.98 Å². The highest BCUT2D eigenvalue weighted by Crippen LogP contribution is 2.23. The summed E-state index contributed by atoms with van der Waals surface area (Å²) in [5.74, 6) is -0.477. The number of ether oxygens (including phenoxy) is 1. The standard InChI is InChI=1S/C14H16N2O3/c1-4-18-13(17)12-9-19-14(15-12)16(3)11-7-5-6-10(2)8-11/h5-9H,4H2,1-3H3. The van der Waals surface area contributed by atoms with Gasteiger partial charge in [0.1, 0.15) is 6.26 Å². The van der Waals surface area contributed by atoms with Gasteiger partial charge in [0.05, 0.1) is 6.61 Å². The number of aromatic nitrogens is 1. The van der Waals surface area contributed by atoms with Crippen LogP contribution >= 0.6 is 0 Å². The lowest BCUT2D eigenvalue weighted by Crippen LogP contribution is -2.11. The molecule has 0 radical (unpaired) electrons. The van der Waals surface area contributed by atoms with Gasteiger partial charge >= 0.3 is 12.0 Å². The van der Waals surface area contributed by atoms with E-state index in [0.29, 0.717) is 12.6 Å². The van der Waals surface area contributed by atoms with Crippen molar-refractivity contribution in [3.63, 3.8) is 0 Å². The van der Waals surface area contributed by atoms with E-state index in [1.54, 1.807) is 11.8 Å². The van der Waals surface area contributed by atoms with E-state index in [2.05, 4.69) is 4.98 Å². The van der Waals surface area contributed by atoms with Crippen molar-refractivity contribution in [2.45, 2.75) is 13.8 Å². The van der Waals surface area contributed by atoms with Gasteiger partial charge < -0.3 is 9.15 Å². The quantitative estimate of drug-likeness (QED) is 0.791. The Labute approximate surface area is 111 Å². The largest absolute Gasteiger partial charge is 0.461 e. The number of hydrogen-bond acceptors (Lipinski definition) is 5. The van der Waals surface area contributed by atoms with Crippen LogP contribution in [0.15, 0.2) is 34.9 Å². The second-order valence-electron chi connectivity index (χ2n) is 4.13. The molecule has 1 aromatic heterocycles. The van der Waals surface area contributed by atoms with Gasteiger partial charge in [0, 0.05) is 12.7 Å². The summed E-state index contributed by atoms with van der Waals surface area (Å²) >= 11 is 0. The fraction of sp³-hybridized carbons (Fsp3) is 0.286.